The lowest BCUT2D eigenvalue weighted by atomic mass is 10.1. The maximum Gasteiger partial charge on any atom is 0.238 e. The van der Waals surface area contributed by atoms with Gasteiger partial charge in [0.25, 0.3) is 0 Å². The third-order valence-corrected chi connectivity index (χ3v) is 4.12. The Morgan fingerprint density at radius 1 is 1.14 bits per heavy atom. The first kappa shape index (κ1) is 16.3. The molecule has 0 saturated carbocycles. The number of nitrogens with two attached hydrogens (primary N) is 1. The van der Waals surface area contributed by atoms with Gasteiger partial charge in [-0.2, -0.15) is 0 Å². The lowest BCUT2D eigenvalue weighted by molar-refractivity contribution is 0.0975. The van der Waals surface area contributed by atoms with Crippen molar-refractivity contribution in [2.75, 3.05) is 0 Å². The molecule has 0 aliphatic carbocycles. The molecule has 6 nitrogen and oxygen atoms in total. The van der Waals surface area contributed by atoms with Gasteiger partial charge in [-0.05, 0) is 37.5 Å². The Balaban J connectivity index is 1.88. The molecule has 0 bridgehead atoms. The minimum Gasteiger partial charge on any atom is -0.292 e. The van der Waals surface area contributed by atoms with Crippen LogP contribution >= 0.6 is 0 Å². The number of hydrogen-bond donors (Lipinski definition) is 1. The highest BCUT2D eigenvalue weighted by Crippen LogP contribution is 2.12. The topological polar surface area (TPSA) is 103 Å². The Hall–Kier alpha value is -2.12. The van der Waals surface area contributed by atoms with E-state index in [0.717, 1.165) is 11.3 Å². The van der Waals surface area contributed by atoms with Gasteiger partial charge in [0.05, 0.1) is 16.8 Å². The number of nitrogens with zero attached hydrogens (tertiary/aromatic N) is 2. The number of rotatable bonds is 6. The number of carbonyl (C=O) groups excluding carboxylic acids is 1. The van der Waals surface area contributed by atoms with Crippen molar-refractivity contribution >= 4 is 15.8 Å². The van der Waals surface area contributed by atoms with E-state index in [1.165, 1.54) is 18.3 Å². The second-order valence-electron chi connectivity index (χ2n) is 5.01. The Bertz CT molecular complexity index is 754. The van der Waals surface area contributed by atoms with Crippen molar-refractivity contribution in [3.8, 4) is 0 Å². The molecule has 0 unspecified atom stereocenters. The fourth-order valence-corrected chi connectivity index (χ4v) is 2.48. The summed E-state index contributed by atoms with van der Waals surface area (Å²) in [6.45, 7) is 1.81. The second kappa shape index (κ2) is 6.76. The predicted octanol–water partition coefficient (Wildman–Crippen LogP) is 1.64. The summed E-state index contributed by atoms with van der Waals surface area (Å²) >= 11 is 0. The number of aryl methyl sites for hydroxylation is 2. The summed E-state index contributed by atoms with van der Waals surface area (Å²) in [6, 6.07) is 6.35. The van der Waals surface area contributed by atoms with Crippen molar-refractivity contribution in [1.29, 1.82) is 0 Å². The number of sulfonamides is 1. The molecule has 0 fully saturated rings. The SMILES string of the molecule is Cc1cnc(C(=O)CCCc2ccc(S(N)(=O)=O)cc2)cn1. The molecule has 2 aromatic rings. The number of aromatic nitrogens is 2. The van der Waals surface area contributed by atoms with E-state index in [9.17, 15) is 13.2 Å². The van der Waals surface area contributed by atoms with Gasteiger partial charge in [0.15, 0.2) is 5.78 Å². The molecular formula is C15H17N3O3S. The maximum atomic E-state index is 11.9. The first-order chi connectivity index (χ1) is 10.4. The third kappa shape index (κ3) is 4.44. The van der Waals surface area contributed by atoms with Gasteiger partial charge in [-0.1, -0.05) is 12.1 Å². The van der Waals surface area contributed by atoms with Crippen molar-refractivity contribution in [3.63, 3.8) is 0 Å². The monoisotopic (exact) mass is 319 g/mol. The predicted molar refractivity (Wildman–Crippen MR) is 81.9 cm³/mol. The average Bonchev–Trinajstić information content (AvgIpc) is 2.47. The van der Waals surface area contributed by atoms with Crippen LogP contribution in [-0.2, 0) is 16.4 Å². The van der Waals surface area contributed by atoms with Crippen LogP contribution in [-0.4, -0.2) is 24.2 Å². The molecule has 0 spiro atoms. The van der Waals surface area contributed by atoms with Gasteiger partial charge in [-0.3, -0.25) is 9.78 Å². The van der Waals surface area contributed by atoms with Crippen LogP contribution in [0.1, 0.15) is 34.6 Å². The third-order valence-electron chi connectivity index (χ3n) is 3.19. The first-order valence-electron chi connectivity index (χ1n) is 6.80. The molecule has 1 aromatic heterocycles. The van der Waals surface area contributed by atoms with E-state index in [2.05, 4.69) is 9.97 Å². The van der Waals surface area contributed by atoms with Gasteiger partial charge >= 0.3 is 0 Å². The lowest BCUT2D eigenvalue weighted by Crippen LogP contribution is -2.11. The summed E-state index contributed by atoms with van der Waals surface area (Å²) in [7, 11) is -3.66. The zero-order chi connectivity index (χ0) is 16.2. The van der Waals surface area contributed by atoms with Gasteiger partial charge in [0.2, 0.25) is 10.0 Å². The Labute approximate surface area is 129 Å². The van der Waals surface area contributed by atoms with Gasteiger partial charge in [-0.15, -0.1) is 0 Å². The smallest absolute Gasteiger partial charge is 0.238 e. The molecule has 116 valence electrons. The van der Waals surface area contributed by atoms with Crippen molar-refractivity contribution in [2.24, 2.45) is 5.14 Å². The molecule has 2 N–H and O–H groups in total. The fraction of sp³-hybridized carbons (Fsp3) is 0.267. The number of hydrogen-bond acceptors (Lipinski definition) is 5. The second-order valence-corrected chi connectivity index (χ2v) is 6.57. The first-order valence-corrected chi connectivity index (χ1v) is 8.34. The molecular weight excluding hydrogens is 302 g/mol. The van der Waals surface area contributed by atoms with Crippen LogP contribution in [0.5, 0.6) is 0 Å². The van der Waals surface area contributed by atoms with Crippen molar-refractivity contribution in [3.05, 3.63) is 53.6 Å². The minimum absolute atomic E-state index is 0.0475. The van der Waals surface area contributed by atoms with Crippen LogP contribution in [0.4, 0.5) is 0 Å². The standard InChI is InChI=1S/C15H17N3O3S/c1-11-9-18-14(10-17-11)15(19)4-2-3-12-5-7-13(8-6-12)22(16,20)21/h5-10H,2-4H2,1H3,(H2,16,20,21). The van der Waals surface area contributed by atoms with E-state index >= 15 is 0 Å². The quantitative estimate of drug-likeness (QED) is 0.815. The van der Waals surface area contributed by atoms with E-state index in [-0.39, 0.29) is 10.7 Å². The Morgan fingerprint density at radius 3 is 2.36 bits per heavy atom. The molecule has 0 amide bonds. The minimum atomic E-state index is -3.66. The molecule has 0 aliphatic heterocycles. The molecule has 0 radical (unpaired) electrons. The van der Waals surface area contributed by atoms with E-state index in [0.29, 0.717) is 25.0 Å². The van der Waals surface area contributed by atoms with E-state index in [1.807, 2.05) is 6.92 Å². The van der Waals surface area contributed by atoms with Crippen molar-refractivity contribution < 1.29 is 13.2 Å². The molecule has 22 heavy (non-hydrogen) atoms. The summed E-state index contributed by atoms with van der Waals surface area (Å²) in [5.41, 5.74) is 2.09. The number of primary sulfonamides is 1. The van der Waals surface area contributed by atoms with Crippen LogP contribution in [0.3, 0.4) is 0 Å². The van der Waals surface area contributed by atoms with Crippen LogP contribution < -0.4 is 5.14 Å². The highest BCUT2D eigenvalue weighted by molar-refractivity contribution is 7.89. The zero-order valence-corrected chi connectivity index (χ0v) is 13.0. The summed E-state index contributed by atoms with van der Waals surface area (Å²) in [4.78, 5) is 20.1. The lowest BCUT2D eigenvalue weighted by Gasteiger charge is -2.03. The van der Waals surface area contributed by atoms with Crippen LogP contribution in [0.15, 0.2) is 41.6 Å². The summed E-state index contributed by atoms with van der Waals surface area (Å²) < 4.78 is 22.3. The molecule has 2 rings (SSSR count). The highest BCUT2D eigenvalue weighted by Gasteiger charge is 2.09. The number of Topliss-reactive ketones (excluding diaryl/α,β-unsaturated/α-hetero) is 1. The van der Waals surface area contributed by atoms with E-state index in [1.54, 1.807) is 18.3 Å². The molecule has 1 heterocycles. The normalized spacial score (nSPS) is 11.4. The summed E-state index contributed by atoms with van der Waals surface area (Å²) in [5, 5.41) is 5.04. The molecule has 1 aromatic carbocycles. The maximum absolute atomic E-state index is 11.9. The van der Waals surface area contributed by atoms with Crippen LogP contribution in [0.2, 0.25) is 0 Å². The highest BCUT2D eigenvalue weighted by atomic mass is 32.2. The van der Waals surface area contributed by atoms with Crippen molar-refractivity contribution in [2.45, 2.75) is 31.1 Å². The molecule has 0 saturated heterocycles. The molecule has 0 aliphatic rings. The van der Waals surface area contributed by atoms with Crippen molar-refractivity contribution in [1.82, 2.24) is 9.97 Å². The van der Waals surface area contributed by atoms with E-state index < -0.39 is 10.0 Å². The Kier molecular flexibility index (Phi) is 4.99. The number of benzene rings is 1. The number of ketones is 1. The van der Waals surface area contributed by atoms with Crippen LogP contribution in [0, 0.1) is 6.92 Å². The molecule has 0 atom stereocenters. The van der Waals surface area contributed by atoms with E-state index in [4.69, 9.17) is 5.14 Å². The molecule has 7 heteroatoms. The zero-order valence-electron chi connectivity index (χ0n) is 12.2. The van der Waals surface area contributed by atoms with Gasteiger partial charge in [-0.25, -0.2) is 18.5 Å². The number of carbonyl (C=O) groups is 1. The summed E-state index contributed by atoms with van der Waals surface area (Å²) in [6.07, 6.45) is 4.76. The summed E-state index contributed by atoms with van der Waals surface area (Å²) in [5.74, 6) is -0.0475. The van der Waals surface area contributed by atoms with Gasteiger partial charge in [0.1, 0.15) is 5.69 Å². The fourth-order valence-electron chi connectivity index (χ4n) is 1.96. The van der Waals surface area contributed by atoms with Gasteiger partial charge in [0, 0.05) is 12.6 Å². The average molecular weight is 319 g/mol. The van der Waals surface area contributed by atoms with Crippen LogP contribution in [0.25, 0.3) is 0 Å². The Morgan fingerprint density at radius 2 is 1.82 bits per heavy atom. The largest absolute Gasteiger partial charge is 0.292 e. The van der Waals surface area contributed by atoms with Gasteiger partial charge < -0.3 is 0 Å².